The van der Waals surface area contributed by atoms with Crippen LogP contribution in [0.3, 0.4) is 0 Å². The number of likely N-dealkylation sites (tertiary alicyclic amines) is 1. The van der Waals surface area contributed by atoms with Crippen LogP contribution in [-0.4, -0.2) is 47.7 Å². The third-order valence-corrected chi connectivity index (χ3v) is 4.75. The summed E-state index contributed by atoms with van der Waals surface area (Å²) < 4.78 is 5.32. The molecule has 0 amide bonds. The molecule has 2 rings (SSSR count). The predicted molar refractivity (Wildman–Crippen MR) is 80.7 cm³/mol. The minimum Gasteiger partial charge on any atom is -0.465 e. The highest BCUT2D eigenvalue weighted by atomic mass is 16.5. The van der Waals surface area contributed by atoms with Crippen LogP contribution in [0.4, 0.5) is 0 Å². The molecule has 0 spiro atoms. The van der Waals surface area contributed by atoms with Crippen LogP contribution in [0.2, 0.25) is 0 Å². The van der Waals surface area contributed by atoms with Crippen LogP contribution in [0.5, 0.6) is 0 Å². The van der Waals surface area contributed by atoms with Gasteiger partial charge in [-0.05, 0) is 52.9 Å². The lowest BCUT2D eigenvalue weighted by atomic mass is 10.00. The maximum Gasteiger partial charge on any atom is 0.327 e. The van der Waals surface area contributed by atoms with Gasteiger partial charge in [0, 0.05) is 24.7 Å². The van der Waals surface area contributed by atoms with E-state index in [-0.39, 0.29) is 5.97 Å². The second-order valence-corrected chi connectivity index (χ2v) is 6.63. The van der Waals surface area contributed by atoms with E-state index in [4.69, 9.17) is 4.74 Å². The molecule has 4 heteroatoms. The Morgan fingerprint density at radius 1 is 1.30 bits per heavy atom. The maximum absolute atomic E-state index is 12.4. The smallest absolute Gasteiger partial charge is 0.327 e. The van der Waals surface area contributed by atoms with Crippen molar-refractivity contribution in [1.82, 2.24) is 10.2 Å². The van der Waals surface area contributed by atoms with Gasteiger partial charge >= 0.3 is 5.97 Å². The second kappa shape index (κ2) is 6.44. The Labute approximate surface area is 123 Å². The number of nitrogens with zero attached hydrogens (tertiary/aromatic N) is 1. The van der Waals surface area contributed by atoms with Gasteiger partial charge in [0.25, 0.3) is 0 Å². The summed E-state index contributed by atoms with van der Waals surface area (Å²) in [6.45, 7) is 9.63. The zero-order valence-electron chi connectivity index (χ0n) is 13.4. The van der Waals surface area contributed by atoms with Crippen LogP contribution in [0, 0.1) is 0 Å². The zero-order chi connectivity index (χ0) is 14.8. The molecule has 0 aromatic rings. The zero-order valence-corrected chi connectivity index (χ0v) is 13.4. The molecular formula is C16H30N2O2. The van der Waals surface area contributed by atoms with Gasteiger partial charge < -0.3 is 4.74 Å². The number of hydrogen-bond donors (Lipinski definition) is 1. The van der Waals surface area contributed by atoms with E-state index in [1.165, 1.54) is 25.7 Å². The number of esters is 1. The average Bonchev–Trinajstić information content (AvgIpc) is 3.15. The van der Waals surface area contributed by atoms with Gasteiger partial charge in [0.1, 0.15) is 5.54 Å². The molecule has 2 fully saturated rings. The van der Waals surface area contributed by atoms with Crippen molar-refractivity contribution >= 4 is 5.97 Å². The Balaban J connectivity index is 2.07. The molecule has 1 aliphatic heterocycles. The third-order valence-electron chi connectivity index (χ3n) is 4.75. The summed E-state index contributed by atoms with van der Waals surface area (Å²) in [6, 6.07) is 1.68. The highest BCUT2D eigenvalue weighted by molar-refractivity contribution is 5.80. The van der Waals surface area contributed by atoms with E-state index in [2.05, 4.69) is 24.1 Å². The van der Waals surface area contributed by atoms with Gasteiger partial charge in [0.15, 0.2) is 0 Å². The quantitative estimate of drug-likeness (QED) is 0.728. The number of rotatable bonds is 7. The van der Waals surface area contributed by atoms with E-state index < -0.39 is 5.54 Å². The number of nitrogens with one attached hydrogen (secondary N) is 1. The molecule has 3 atom stereocenters. The van der Waals surface area contributed by atoms with Gasteiger partial charge in [-0.25, -0.2) is 0 Å². The molecule has 1 heterocycles. The molecule has 0 bridgehead atoms. The lowest BCUT2D eigenvalue weighted by molar-refractivity contribution is -0.151. The molecule has 20 heavy (non-hydrogen) atoms. The summed E-state index contributed by atoms with van der Waals surface area (Å²) in [5, 5.41) is 3.53. The van der Waals surface area contributed by atoms with Gasteiger partial charge in [-0.1, -0.05) is 6.92 Å². The van der Waals surface area contributed by atoms with E-state index in [0.717, 1.165) is 13.0 Å². The lowest BCUT2D eigenvalue weighted by Gasteiger charge is -2.37. The van der Waals surface area contributed by atoms with Crippen molar-refractivity contribution in [3.8, 4) is 0 Å². The highest BCUT2D eigenvalue weighted by Gasteiger charge is 2.44. The van der Waals surface area contributed by atoms with Crippen molar-refractivity contribution in [1.29, 1.82) is 0 Å². The predicted octanol–water partition coefficient (Wildman–Crippen LogP) is 2.32. The van der Waals surface area contributed by atoms with Crippen molar-refractivity contribution in [2.45, 2.75) is 83.5 Å². The Bertz CT molecular complexity index is 343. The summed E-state index contributed by atoms with van der Waals surface area (Å²) in [4.78, 5) is 14.9. The standard InChI is InChI=1S/C16H30N2O2/c1-5-14-10-7-12(3)18(14)11-16(4,15(19)20-6-2)17-13-8-9-13/h12-14,17H,5-11H2,1-4H3. The molecule has 4 nitrogen and oxygen atoms in total. The first-order chi connectivity index (χ1) is 9.50. The first-order valence-electron chi connectivity index (χ1n) is 8.20. The lowest BCUT2D eigenvalue weighted by Crippen LogP contribution is -2.59. The van der Waals surface area contributed by atoms with Crippen LogP contribution in [-0.2, 0) is 9.53 Å². The van der Waals surface area contributed by atoms with Crippen molar-refractivity contribution in [3.05, 3.63) is 0 Å². The maximum atomic E-state index is 12.4. The van der Waals surface area contributed by atoms with Gasteiger partial charge in [-0.2, -0.15) is 0 Å². The van der Waals surface area contributed by atoms with E-state index in [9.17, 15) is 4.79 Å². The largest absolute Gasteiger partial charge is 0.465 e. The minimum absolute atomic E-state index is 0.0964. The van der Waals surface area contributed by atoms with Crippen LogP contribution in [0.15, 0.2) is 0 Å². The minimum atomic E-state index is -0.566. The van der Waals surface area contributed by atoms with Crippen LogP contribution >= 0.6 is 0 Å². The molecule has 1 aliphatic carbocycles. The summed E-state index contributed by atoms with van der Waals surface area (Å²) in [6.07, 6.45) is 6.01. The van der Waals surface area contributed by atoms with E-state index in [1.807, 2.05) is 13.8 Å². The van der Waals surface area contributed by atoms with Gasteiger partial charge in [0.2, 0.25) is 0 Å². The molecule has 1 saturated heterocycles. The fourth-order valence-electron chi connectivity index (χ4n) is 3.35. The molecule has 0 aromatic heterocycles. The molecule has 1 N–H and O–H groups in total. The molecule has 0 radical (unpaired) electrons. The van der Waals surface area contributed by atoms with Gasteiger partial charge in [-0.3, -0.25) is 15.0 Å². The Hall–Kier alpha value is -0.610. The molecule has 1 saturated carbocycles. The van der Waals surface area contributed by atoms with Crippen LogP contribution < -0.4 is 5.32 Å². The first kappa shape index (κ1) is 15.8. The Morgan fingerprint density at radius 2 is 2.00 bits per heavy atom. The summed E-state index contributed by atoms with van der Waals surface area (Å²) >= 11 is 0. The summed E-state index contributed by atoms with van der Waals surface area (Å²) in [7, 11) is 0. The second-order valence-electron chi connectivity index (χ2n) is 6.63. The van der Waals surface area contributed by atoms with E-state index >= 15 is 0 Å². The van der Waals surface area contributed by atoms with Crippen LogP contribution in [0.1, 0.15) is 59.8 Å². The topological polar surface area (TPSA) is 41.6 Å². The van der Waals surface area contributed by atoms with Gasteiger partial charge in [-0.15, -0.1) is 0 Å². The van der Waals surface area contributed by atoms with Crippen molar-refractivity contribution in [2.75, 3.05) is 13.2 Å². The monoisotopic (exact) mass is 282 g/mol. The molecular weight excluding hydrogens is 252 g/mol. The SMILES string of the molecule is CCOC(=O)C(C)(CN1C(C)CCC1CC)NC1CC1. The molecule has 0 aromatic carbocycles. The molecule has 116 valence electrons. The van der Waals surface area contributed by atoms with Gasteiger partial charge in [0.05, 0.1) is 6.61 Å². The van der Waals surface area contributed by atoms with Crippen molar-refractivity contribution in [2.24, 2.45) is 0 Å². The average molecular weight is 282 g/mol. The fourth-order valence-corrected chi connectivity index (χ4v) is 3.35. The summed E-state index contributed by atoms with van der Waals surface area (Å²) in [5.74, 6) is -0.0964. The van der Waals surface area contributed by atoms with Crippen molar-refractivity contribution in [3.63, 3.8) is 0 Å². The molecule has 3 unspecified atom stereocenters. The third kappa shape index (κ3) is 3.53. The Morgan fingerprint density at radius 3 is 2.55 bits per heavy atom. The fraction of sp³-hybridized carbons (Fsp3) is 0.938. The van der Waals surface area contributed by atoms with Crippen LogP contribution in [0.25, 0.3) is 0 Å². The number of carbonyl (C=O) groups excluding carboxylic acids is 1. The summed E-state index contributed by atoms with van der Waals surface area (Å²) in [5.41, 5.74) is -0.566. The van der Waals surface area contributed by atoms with E-state index in [0.29, 0.717) is 24.7 Å². The van der Waals surface area contributed by atoms with E-state index in [1.54, 1.807) is 0 Å². The normalized spacial score (nSPS) is 30.2. The van der Waals surface area contributed by atoms with Crippen molar-refractivity contribution < 1.29 is 9.53 Å². The Kier molecular flexibility index (Phi) is 5.08. The number of carbonyl (C=O) groups is 1. The number of ether oxygens (including phenoxy) is 1. The molecule has 2 aliphatic rings. The number of hydrogen-bond acceptors (Lipinski definition) is 4. The first-order valence-corrected chi connectivity index (χ1v) is 8.20. The highest BCUT2D eigenvalue weighted by Crippen LogP contribution is 2.30.